The van der Waals surface area contributed by atoms with Crippen LogP contribution in [0, 0.1) is 6.92 Å². The molecule has 3 nitrogen and oxygen atoms in total. The Hall–Kier alpha value is -1.27. The summed E-state index contributed by atoms with van der Waals surface area (Å²) in [5.41, 5.74) is 1.54. The molecule has 6 heteroatoms. The third kappa shape index (κ3) is 4.61. The third-order valence-corrected chi connectivity index (χ3v) is 3.90. The molecule has 1 saturated heterocycles. The molecule has 1 aliphatic rings. The molecule has 1 heterocycles. The molecule has 1 fully saturated rings. The molecule has 2 rings (SSSR count). The molecule has 0 unspecified atom stereocenters. The van der Waals surface area contributed by atoms with Gasteiger partial charge in [-0.3, -0.25) is 4.90 Å². The monoisotopic (exact) mass is 302 g/mol. The molecule has 0 bridgehead atoms. The van der Waals surface area contributed by atoms with Crippen LogP contribution >= 0.6 is 0 Å². The van der Waals surface area contributed by atoms with Gasteiger partial charge in [0, 0.05) is 38.6 Å². The quantitative estimate of drug-likeness (QED) is 0.897. The van der Waals surface area contributed by atoms with Crippen molar-refractivity contribution in [1.82, 2.24) is 10.2 Å². The van der Waals surface area contributed by atoms with E-state index in [0.717, 1.165) is 31.7 Å². The summed E-state index contributed by atoms with van der Waals surface area (Å²) in [5.74, 6) is 0.175. The van der Waals surface area contributed by atoms with Crippen LogP contribution in [-0.4, -0.2) is 42.4 Å². The number of aryl methyl sites for hydroxylation is 1. The van der Waals surface area contributed by atoms with E-state index in [9.17, 15) is 18.3 Å². The second kappa shape index (κ2) is 6.66. The lowest BCUT2D eigenvalue weighted by Gasteiger charge is -2.35. The van der Waals surface area contributed by atoms with Crippen molar-refractivity contribution in [1.29, 1.82) is 0 Å². The highest BCUT2D eigenvalue weighted by molar-refractivity contribution is 5.36. The number of aromatic hydroxyl groups is 1. The molecule has 21 heavy (non-hydrogen) atoms. The number of benzene rings is 1. The van der Waals surface area contributed by atoms with Crippen molar-refractivity contribution in [2.24, 2.45) is 0 Å². The average molecular weight is 302 g/mol. The van der Waals surface area contributed by atoms with Gasteiger partial charge in [-0.2, -0.15) is 13.2 Å². The minimum atomic E-state index is -4.14. The molecule has 1 aliphatic heterocycles. The zero-order chi connectivity index (χ0) is 15.5. The first-order valence-corrected chi connectivity index (χ1v) is 7.18. The van der Waals surface area contributed by atoms with Crippen molar-refractivity contribution in [3.63, 3.8) is 0 Å². The molecule has 0 amide bonds. The summed E-state index contributed by atoms with van der Waals surface area (Å²) in [7, 11) is 0. The summed E-state index contributed by atoms with van der Waals surface area (Å²) in [4.78, 5) is 2.09. The van der Waals surface area contributed by atoms with Gasteiger partial charge in [0.05, 0.1) is 0 Å². The second-order valence-electron chi connectivity index (χ2n) is 5.50. The van der Waals surface area contributed by atoms with Crippen molar-refractivity contribution >= 4 is 0 Å². The van der Waals surface area contributed by atoms with Crippen LogP contribution in [0.1, 0.15) is 30.0 Å². The van der Waals surface area contributed by atoms with Gasteiger partial charge in [0.1, 0.15) is 5.75 Å². The van der Waals surface area contributed by atoms with Crippen LogP contribution in [0.3, 0.4) is 0 Å². The molecule has 0 radical (unpaired) electrons. The lowest BCUT2D eigenvalue weighted by Crippen LogP contribution is -2.45. The topological polar surface area (TPSA) is 35.5 Å². The number of nitrogens with zero attached hydrogens (tertiary/aromatic N) is 1. The number of piperazine rings is 1. The highest BCUT2D eigenvalue weighted by Gasteiger charge is 2.31. The molecule has 0 spiro atoms. The number of hydrogen-bond acceptors (Lipinski definition) is 3. The van der Waals surface area contributed by atoms with E-state index in [4.69, 9.17) is 0 Å². The second-order valence-corrected chi connectivity index (χ2v) is 5.50. The first-order valence-electron chi connectivity index (χ1n) is 7.18. The molecule has 118 valence electrons. The number of alkyl halides is 3. The van der Waals surface area contributed by atoms with E-state index in [1.54, 1.807) is 25.1 Å². The number of hydrogen-bond donors (Lipinski definition) is 2. The molecule has 0 saturated carbocycles. The van der Waals surface area contributed by atoms with Crippen molar-refractivity contribution in [3.8, 4) is 5.75 Å². The Balaban J connectivity index is 2.18. The van der Waals surface area contributed by atoms with Crippen LogP contribution in [-0.2, 0) is 0 Å². The fourth-order valence-electron chi connectivity index (χ4n) is 2.74. The van der Waals surface area contributed by atoms with Crippen molar-refractivity contribution in [2.75, 3.05) is 26.2 Å². The van der Waals surface area contributed by atoms with Gasteiger partial charge in [0.2, 0.25) is 0 Å². The minimum absolute atomic E-state index is 0.0493. The van der Waals surface area contributed by atoms with Gasteiger partial charge in [-0.15, -0.1) is 0 Å². The lowest BCUT2D eigenvalue weighted by molar-refractivity contribution is -0.138. The maximum atomic E-state index is 12.6. The molecule has 1 aromatic rings. The summed E-state index contributed by atoms with van der Waals surface area (Å²) in [5, 5.41) is 12.8. The Kier molecular flexibility index (Phi) is 5.11. The van der Waals surface area contributed by atoms with Gasteiger partial charge in [0.25, 0.3) is 0 Å². The van der Waals surface area contributed by atoms with Gasteiger partial charge in [0.15, 0.2) is 0 Å². The van der Waals surface area contributed by atoms with Gasteiger partial charge < -0.3 is 10.4 Å². The minimum Gasteiger partial charge on any atom is -0.508 e. The van der Waals surface area contributed by atoms with Gasteiger partial charge in [-0.05, 0) is 30.5 Å². The van der Waals surface area contributed by atoms with Crippen molar-refractivity contribution in [3.05, 3.63) is 29.3 Å². The first-order chi connectivity index (χ1) is 9.87. The fraction of sp³-hybridized carbons (Fsp3) is 0.600. The normalized spacial score (nSPS) is 18.7. The molecule has 2 N–H and O–H groups in total. The summed E-state index contributed by atoms with van der Waals surface area (Å²) in [6, 6.07) is 4.82. The summed E-state index contributed by atoms with van der Waals surface area (Å²) < 4.78 is 37.7. The summed E-state index contributed by atoms with van der Waals surface area (Å²) >= 11 is 0. The molecule has 1 aromatic carbocycles. The predicted octanol–water partition coefficient (Wildman–Crippen LogP) is 2.99. The maximum absolute atomic E-state index is 12.6. The molecular weight excluding hydrogens is 281 g/mol. The van der Waals surface area contributed by atoms with Crippen LogP contribution in [0.25, 0.3) is 0 Å². The predicted molar refractivity (Wildman–Crippen MR) is 75.3 cm³/mol. The highest BCUT2D eigenvalue weighted by Crippen LogP contribution is 2.33. The Morgan fingerprint density at radius 3 is 2.52 bits per heavy atom. The number of rotatable bonds is 4. The van der Waals surface area contributed by atoms with E-state index in [1.165, 1.54) is 0 Å². The Morgan fingerprint density at radius 2 is 1.95 bits per heavy atom. The maximum Gasteiger partial charge on any atom is 0.389 e. The van der Waals surface area contributed by atoms with E-state index >= 15 is 0 Å². The molecule has 0 aromatic heterocycles. The van der Waals surface area contributed by atoms with Crippen molar-refractivity contribution in [2.45, 2.75) is 32.0 Å². The molecule has 0 aliphatic carbocycles. The zero-order valence-electron chi connectivity index (χ0n) is 12.1. The Labute approximate surface area is 122 Å². The Morgan fingerprint density at radius 1 is 1.29 bits per heavy atom. The zero-order valence-corrected chi connectivity index (χ0v) is 12.1. The fourth-order valence-corrected chi connectivity index (χ4v) is 2.74. The van der Waals surface area contributed by atoms with Gasteiger partial charge in [-0.1, -0.05) is 12.1 Å². The Bertz CT molecular complexity index is 470. The molecule has 1 atom stereocenters. The SMILES string of the molecule is Cc1cc([C@@H](CCC(F)(F)F)N2CCNCC2)ccc1O. The third-order valence-electron chi connectivity index (χ3n) is 3.90. The summed E-state index contributed by atoms with van der Waals surface area (Å²) in [6.07, 6.45) is -4.88. The number of nitrogens with one attached hydrogen (secondary N) is 1. The smallest absolute Gasteiger partial charge is 0.389 e. The van der Waals surface area contributed by atoms with Gasteiger partial charge >= 0.3 is 6.18 Å². The van der Waals surface area contributed by atoms with Crippen LogP contribution in [0.15, 0.2) is 18.2 Å². The average Bonchev–Trinajstić information content (AvgIpc) is 2.43. The van der Waals surface area contributed by atoms with Crippen LogP contribution < -0.4 is 5.32 Å². The van der Waals surface area contributed by atoms with E-state index in [1.807, 2.05) is 0 Å². The van der Waals surface area contributed by atoms with Crippen molar-refractivity contribution < 1.29 is 18.3 Å². The van der Waals surface area contributed by atoms with E-state index < -0.39 is 12.6 Å². The van der Waals surface area contributed by atoms with Crippen LogP contribution in [0.4, 0.5) is 13.2 Å². The number of halogens is 3. The largest absolute Gasteiger partial charge is 0.508 e. The number of phenolic OH excluding ortho intramolecular Hbond substituents is 1. The summed E-state index contributed by atoms with van der Waals surface area (Å²) in [6.45, 7) is 4.82. The lowest BCUT2D eigenvalue weighted by atomic mass is 9.97. The number of phenols is 1. The van der Waals surface area contributed by atoms with E-state index in [0.29, 0.717) is 5.56 Å². The van der Waals surface area contributed by atoms with Crippen LogP contribution in [0.2, 0.25) is 0 Å². The highest BCUT2D eigenvalue weighted by atomic mass is 19.4. The first kappa shape index (κ1) is 16.1. The standard InChI is InChI=1S/C15H21F3N2O/c1-11-10-12(2-3-14(11)21)13(4-5-15(16,17)18)20-8-6-19-7-9-20/h2-3,10,13,19,21H,4-9H2,1H3/t13-/m1/s1. The van der Waals surface area contributed by atoms with Crippen LogP contribution in [0.5, 0.6) is 5.75 Å². The van der Waals surface area contributed by atoms with E-state index in [-0.39, 0.29) is 18.2 Å². The van der Waals surface area contributed by atoms with Gasteiger partial charge in [-0.25, -0.2) is 0 Å². The van der Waals surface area contributed by atoms with E-state index in [2.05, 4.69) is 10.2 Å². The molecular formula is C15H21F3N2O.